The average Bonchev–Trinajstić information content (AvgIpc) is 3.03. The maximum absolute atomic E-state index is 9.69. The Hall–Kier alpha value is -2.01. The van der Waals surface area contributed by atoms with Gasteiger partial charge in [0.15, 0.2) is 0 Å². The normalized spacial score (nSPS) is 17.9. The highest BCUT2D eigenvalue weighted by atomic mass is 28.3. The van der Waals surface area contributed by atoms with Crippen LogP contribution in [0, 0.1) is 11.3 Å². The molecule has 0 aliphatic heterocycles. The summed E-state index contributed by atoms with van der Waals surface area (Å²) in [5.74, 6) is 0. The third-order valence-corrected chi connectivity index (χ3v) is 6.61. The van der Waals surface area contributed by atoms with Crippen LogP contribution in [0.5, 0.6) is 0 Å². The van der Waals surface area contributed by atoms with Crippen molar-refractivity contribution < 1.29 is 9.84 Å². The molecule has 0 spiro atoms. The lowest BCUT2D eigenvalue weighted by Gasteiger charge is -2.26. The van der Waals surface area contributed by atoms with E-state index in [1.807, 2.05) is 16.8 Å². The zero-order valence-corrected chi connectivity index (χ0v) is 17.4. The molecule has 2 heterocycles. The van der Waals surface area contributed by atoms with Crippen molar-refractivity contribution in [1.82, 2.24) is 9.55 Å². The Morgan fingerprint density at radius 3 is 2.78 bits per heavy atom. The minimum Gasteiger partial charge on any atom is -0.393 e. The van der Waals surface area contributed by atoms with Gasteiger partial charge in [-0.1, -0.05) is 0 Å². The lowest BCUT2D eigenvalue weighted by atomic mass is 9.95. The summed E-state index contributed by atoms with van der Waals surface area (Å²) in [5, 5.41) is 20.0. The second-order valence-electron chi connectivity index (χ2n) is 8.41. The van der Waals surface area contributed by atoms with E-state index >= 15 is 0 Å². The summed E-state index contributed by atoms with van der Waals surface area (Å²) in [5.41, 5.74) is 3.01. The van der Waals surface area contributed by atoms with Gasteiger partial charge < -0.3 is 14.4 Å². The van der Waals surface area contributed by atoms with Crippen LogP contribution in [0.2, 0.25) is 25.7 Å². The summed E-state index contributed by atoms with van der Waals surface area (Å²) in [6.45, 7) is 8.21. The molecule has 7 heteroatoms. The molecule has 3 rings (SSSR count). The maximum atomic E-state index is 9.69. The van der Waals surface area contributed by atoms with Crippen LogP contribution in [0.4, 0.5) is 5.69 Å². The topological polar surface area (TPSA) is 83.4 Å². The largest absolute Gasteiger partial charge is 0.393 e. The molecule has 2 aromatic heterocycles. The van der Waals surface area contributed by atoms with Crippen molar-refractivity contribution in [3.63, 3.8) is 0 Å². The van der Waals surface area contributed by atoms with Crippen molar-refractivity contribution >= 4 is 30.5 Å². The Balaban J connectivity index is 1.82. The number of hydrogen-bond acceptors (Lipinski definition) is 5. The Morgan fingerprint density at radius 1 is 1.37 bits per heavy atom. The molecule has 1 saturated carbocycles. The average molecular weight is 385 g/mol. The van der Waals surface area contributed by atoms with E-state index in [4.69, 9.17) is 9.73 Å². The zero-order chi connectivity index (χ0) is 19.4. The molecule has 1 aliphatic rings. The van der Waals surface area contributed by atoms with E-state index in [1.54, 1.807) is 6.20 Å². The molecule has 0 amide bonds. The number of hydrogen-bond donors (Lipinski definition) is 1. The monoisotopic (exact) mass is 384 g/mol. The highest BCUT2D eigenvalue weighted by Crippen LogP contribution is 2.31. The van der Waals surface area contributed by atoms with Crippen LogP contribution in [0.15, 0.2) is 23.5 Å². The van der Waals surface area contributed by atoms with Gasteiger partial charge in [-0.25, -0.2) is 4.98 Å². The van der Waals surface area contributed by atoms with Crippen LogP contribution in [0.25, 0.3) is 11.0 Å². The number of aliphatic hydroxyl groups is 1. The lowest BCUT2D eigenvalue weighted by molar-refractivity contribution is 0.0899. The summed E-state index contributed by atoms with van der Waals surface area (Å²) in [4.78, 5) is 9.25. The van der Waals surface area contributed by atoms with Crippen LogP contribution >= 0.6 is 0 Å². The quantitative estimate of drug-likeness (QED) is 0.597. The third kappa shape index (κ3) is 5.04. The summed E-state index contributed by atoms with van der Waals surface area (Å²) in [7, 11) is -1.11. The molecule has 6 nitrogen and oxygen atoms in total. The van der Waals surface area contributed by atoms with E-state index in [0.29, 0.717) is 18.0 Å². The molecule has 0 radical (unpaired) electrons. The van der Waals surface area contributed by atoms with Gasteiger partial charge in [0.25, 0.3) is 0 Å². The van der Waals surface area contributed by atoms with E-state index in [-0.39, 0.29) is 6.10 Å². The molecule has 0 saturated heterocycles. The fraction of sp³-hybridized carbons (Fsp3) is 0.550. The van der Waals surface area contributed by atoms with Gasteiger partial charge in [0.2, 0.25) is 0 Å². The third-order valence-electron chi connectivity index (χ3n) is 4.91. The first-order valence-electron chi connectivity index (χ1n) is 9.57. The fourth-order valence-electron chi connectivity index (χ4n) is 3.18. The van der Waals surface area contributed by atoms with E-state index in [1.165, 1.54) is 0 Å². The predicted molar refractivity (Wildman–Crippen MR) is 110 cm³/mol. The van der Waals surface area contributed by atoms with Gasteiger partial charge in [-0.2, -0.15) is 24.9 Å². The molecule has 27 heavy (non-hydrogen) atoms. The van der Waals surface area contributed by atoms with Crippen LogP contribution in [0.3, 0.4) is 0 Å². The molecule has 1 fully saturated rings. The molecular weight excluding hydrogens is 356 g/mol. The van der Waals surface area contributed by atoms with E-state index in [2.05, 4.69) is 30.7 Å². The first-order chi connectivity index (χ1) is 12.9. The molecule has 0 atom stereocenters. The first kappa shape index (κ1) is 19.7. The maximum Gasteiger partial charge on any atom is 0.144 e. The number of aromatic nitrogens is 2. The van der Waals surface area contributed by atoms with E-state index in [9.17, 15) is 10.4 Å². The number of aliphatic hydroxyl groups excluding tert-OH is 1. The number of ether oxygens (including phenoxy) is 1. The number of pyridine rings is 1. The molecule has 1 N–H and O–H groups in total. The van der Waals surface area contributed by atoms with Gasteiger partial charge >= 0.3 is 0 Å². The summed E-state index contributed by atoms with van der Waals surface area (Å²) in [6, 6.07) is 5.30. The predicted octanol–water partition coefficient (Wildman–Crippen LogP) is 4.23. The van der Waals surface area contributed by atoms with Crippen LogP contribution < -0.4 is 0 Å². The van der Waals surface area contributed by atoms with E-state index in [0.717, 1.165) is 55.1 Å². The van der Waals surface area contributed by atoms with Gasteiger partial charge in [0.05, 0.1) is 17.4 Å². The summed E-state index contributed by atoms with van der Waals surface area (Å²) >= 11 is 0. The standard InChI is InChI=1S/C20H28N4O2Si/c1-27(2,3)11-10-26-14-24-9-8-18-19(15(12-21)13-22-20(18)24)23-16-4-6-17(25)7-5-16/h8-9,13,17,25H,4-7,10-11,14H2,1-3H3/q-1. The zero-order valence-electron chi connectivity index (χ0n) is 16.4. The van der Waals surface area contributed by atoms with Crippen molar-refractivity contribution in [2.75, 3.05) is 6.61 Å². The lowest BCUT2D eigenvalue weighted by Crippen LogP contribution is -2.22. The van der Waals surface area contributed by atoms with Crippen LogP contribution in [-0.2, 0) is 11.5 Å². The number of nitriles is 1. The molecule has 2 aromatic rings. The summed E-state index contributed by atoms with van der Waals surface area (Å²) in [6.07, 6.45) is 6.33. The molecule has 1 aliphatic carbocycles. The second-order valence-corrected chi connectivity index (χ2v) is 14.0. The molecule has 0 aromatic carbocycles. The summed E-state index contributed by atoms with van der Waals surface area (Å²) < 4.78 is 7.82. The smallest absolute Gasteiger partial charge is 0.144 e. The fourth-order valence-corrected chi connectivity index (χ4v) is 3.93. The minimum atomic E-state index is -1.11. The van der Waals surface area contributed by atoms with Crippen molar-refractivity contribution in [2.24, 2.45) is 4.99 Å². The minimum absolute atomic E-state index is 0.230. The van der Waals surface area contributed by atoms with Gasteiger partial charge in [-0.3, -0.25) is 4.99 Å². The van der Waals surface area contributed by atoms with Crippen molar-refractivity contribution in [2.45, 2.75) is 64.2 Å². The Morgan fingerprint density at radius 2 is 2.11 bits per heavy atom. The van der Waals surface area contributed by atoms with Gasteiger partial charge in [-0.15, -0.1) is 14.1 Å². The Labute approximate surface area is 161 Å². The van der Waals surface area contributed by atoms with Gasteiger partial charge in [0, 0.05) is 30.1 Å². The van der Waals surface area contributed by atoms with Crippen molar-refractivity contribution in [3.8, 4) is 6.07 Å². The van der Waals surface area contributed by atoms with Gasteiger partial charge in [-0.05, 0) is 31.7 Å². The van der Waals surface area contributed by atoms with Crippen molar-refractivity contribution in [1.29, 1.82) is 5.26 Å². The Kier molecular flexibility index (Phi) is 6.10. The molecule has 0 bridgehead atoms. The first-order valence-corrected chi connectivity index (χ1v) is 13.3. The highest BCUT2D eigenvalue weighted by Gasteiger charge is 2.17. The van der Waals surface area contributed by atoms with Crippen LogP contribution in [0.1, 0.15) is 31.2 Å². The van der Waals surface area contributed by atoms with E-state index < -0.39 is 8.07 Å². The highest BCUT2D eigenvalue weighted by molar-refractivity contribution is 6.76. The number of rotatable bonds is 6. The SMILES string of the molecule is C[Si-](C)(C)CCOCn1ccc2c(N=C3CCC(O)CC3)c(C#N)cnc21. The molecule has 0 unspecified atom stereocenters. The van der Waals surface area contributed by atoms with Crippen LogP contribution in [-0.4, -0.2) is 41.2 Å². The van der Waals surface area contributed by atoms with Crippen molar-refractivity contribution in [3.05, 3.63) is 24.0 Å². The molecule has 145 valence electrons. The Bertz CT molecular complexity index is 866. The second kappa shape index (κ2) is 8.34. The molecular formula is C20H28N4O2Si-. The number of nitrogens with zero attached hydrogens (tertiary/aromatic N) is 4. The number of fused-ring (bicyclic) bond motifs is 1. The number of aliphatic imine (C=N–C) groups is 1. The van der Waals surface area contributed by atoms with Gasteiger partial charge in [0.1, 0.15) is 18.4 Å².